The van der Waals surface area contributed by atoms with Gasteiger partial charge in [-0.05, 0) is 6.04 Å². The monoisotopic (exact) mass is 262 g/mol. The molecule has 1 fully saturated rings. The Labute approximate surface area is 103 Å². The van der Waals surface area contributed by atoms with Gasteiger partial charge in [0.2, 0.25) is 5.79 Å². The van der Waals surface area contributed by atoms with Crippen LogP contribution in [-0.4, -0.2) is 55.4 Å². The van der Waals surface area contributed by atoms with E-state index in [2.05, 4.69) is 4.74 Å². The minimum Gasteiger partial charge on any atom is -0.393 e. The number of cyclic esters (lactones) is 2. The lowest BCUT2D eigenvalue weighted by molar-refractivity contribution is -0.282. The lowest BCUT2D eigenvalue weighted by Crippen LogP contribution is -2.54. The first-order valence-electron chi connectivity index (χ1n) is 5.43. The van der Waals surface area contributed by atoms with Gasteiger partial charge in [-0.1, -0.05) is 0 Å². The summed E-state index contributed by atoms with van der Waals surface area (Å²) in [5.74, 6) is -3.19. The molecule has 2 unspecified atom stereocenters. The van der Waals surface area contributed by atoms with Gasteiger partial charge in [0.1, 0.15) is 12.0 Å². The number of methoxy groups -OCH3 is 3. The van der Waals surface area contributed by atoms with Crippen LogP contribution in [0.1, 0.15) is 6.42 Å². The molecule has 98 valence electrons. The summed E-state index contributed by atoms with van der Waals surface area (Å²) in [5, 5.41) is 0. The van der Waals surface area contributed by atoms with E-state index in [1.807, 2.05) is 0 Å². The van der Waals surface area contributed by atoms with Crippen molar-refractivity contribution >= 4 is 22.2 Å². The van der Waals surface area contributed by atoms with Gasteiger partial charge >= 0.3 is 11.9 Å². The summed E-state index contributed by atoms with van der Waals surface area (Å²) in [7, 11) is 5.25. The van der Waals surface area contributed by atoms with Crippen LogP contribution in [0, 0.1) is 5.92 Å². The van der Waals surface area contributed by atoms with Crippen LogP contribution in [0.15, 0.2) is 0 Å². The summed E-state index contributed by atoms with van der Waals surface area (Å²) in [4.78, 5) is 22.8. The molecule has 0 aromatic carbocycles. The van der Waals surface area contributed by atoms with Crippen LogP contribution in [0.5, 0.6) is 0 Å². The molecule has 1 saturated heterocycles. The molecule has 6 nitrogen and oxygen atoms in total. The molecular formula is C10H18O6Si. The molecular weight excluding hydrogens is 244 g/mol. The van der Waals surface area contributed by atoms with Crippen LogP contribution in [0.25, 0.3) is 0 Å². The zero-order valence-corrected chi connectivity index (χ0v) is 12.5. The zero-order valence-electron chi connectivity index (χ0n) is 10.5. The van der Waals surface area contributed by atoms with Crippen molar-refractivity contribution in [2.45, 2.75) is 24.4 Å². The van der Waals surface area contributed by atoms with Gasteiger partial charge in [-0.3, -0.25) is 9.59 Å². The summed E-state index contributed by atoms with van der Waals surface area (Å²) < 4.78 is 20.6. The largest absolute Gasteiger partial charge is 0.393 e. The number of hydrogen-bond donors (Lipinski definition) is 0. The van der Waals surface area contributed by atoms with Crippen LogP contribution in [0.2, 0.25) is 6.04 Å². The Morgan fingerprint density at radius 1 is 1.41 bits per heavy atom. The highest BCUT2D eigenvalue weighted by Crippen LogP contribution is 2.36. The predicted octanol–water partition coefficient (Wildman–Crippen LogP) is -1.14. The smallest absolute Gasteiger partial charge is 0.322 e. The first kappa shape index (κ1) is 14.3. The summed E-state index contributed by atoms with van der Waals surface area (Å²) in [6.07, 6.45) is -0.435. The first-order valence-corrected chi connectivity index (χ1v) is 6.84. The van der Waals surface area contributed by atoms with Gasteiger partial charge in [-0.2, -0.15) is 0 Å². The molecule has 0 bridgehead atoms. The van der Waals surface area contributed by atoms with Crippen molar-refractivity contribution in [1.82, 2.24) is 0 Å². The lowest BCUT2D eigenvalue weighted by atomic mass is 9.92. The van der Waals surface area contributed by atoms with E-state index in [9.17, 15) is 9.59 Å². The molecule has 0 amide bonds. The predicted molar refractivity (Wildman–Crippen MR) is 61.5 cm³/mol. The highest BCUT2D eigenvalue weighted by Gasteiger charge is 2.55. The van der Waals surface area contributed by atoms with E-state index in [1.54, 1.807) is 0 Å². The Morgan fingerprint density at radius 3 is 2.29 bits per heavy atom. The molecule has 0 N–H and O–H groups in total. The van der Waals surface area contributed by atoms with Crippen LogP contribution < -0.4 is 0 Å². The standard InChI is InChI=1S/C10H18O6Si/c1-13-7(5-17)10(14-2,15-3)6-4-8(11)16-9(6)12/h6-7H,4-5H2,1-3,17H3. The van der Waals surface area contributed by atoms with Crippen molar-refractivity contribution in [3.05, 3.63) is 0 Å². The topological polar surface area (TPSA) is 71.1 Å². The normalized spacial score (nSPS) is 22.9. The van der Waals surface area contributed by atoms with E-state index in [0.717, 1.165) is 16.3 Å². The maximum atomic E-state index is 11.6. The maximum Gasteiger partial charge on any atom is 0.322 e. The van der Waals surface area contributed by atoms with Gasteiger partial charge in [0, 0.05) is 31.6 Å². The van der Waals surface area contributed by atoms with Crippen LogP contribution in [-0.2, 0) is 28.5 Å². The Hall–Kier alpha value is -0.763. The number of hydrogen-bond acceptors (Lipinski definition) is 6. The summed E-state index contributed by atoms with van der Waals surface area (Å²) in [6, 6.07) is 0.718. The first-order chi connectivity index (χ1) is 8.05. The van der Waals surface area contributed by atoms with Gasteiger partial charge in [0.25, 0.3) is 0 Å². The molecule has 0 spiro atoms. The van der Waals surface area contributed by atoms with Crippen molar-refractivity contribution in [1.29, 1.82) is 0 Å². The molecule has 1 aliphatic rings. The summed E-state index contributed by atoms with van der Waals surface area (Å²) in [5.41, 5.74) is 0. The van der Waals surface area contributed by atoms with E-state index in [-0.39, 0.29) is 6.42 Å². The van der Waals surface area contributed by atoms with Gasteiger partial charge in [0.05, 0.1) is 6.42 Å². The highest BCUT2D eigenvalue weighted by atomic mass is 28.1. The molecule has 0 saturated carbocycles. The fraction of sp³-hybridized carbons (Fsp3) is 0.800. The molecule has 17 heavy (non-hydrogen) atoms. The van der Waals surface area contributed by atoms with Crippen LogP contribution >= 0.6 is 0 Å². The minimum atomic E-state index is -1.25. The summed E-state index contributed by atoms with van der Waals surface area (Å²) in [6.45, 7) is 0. The van der Waals surface area contributed by atoms with Gasteiger partial charge in [-0.25, -0.2) is 0 Å². The van der Waals surface area contributed by atoms with E-state index in [0.29, 0.717) is 0 Å². The van der Waals surface area contributed by atoms with E-state index in [4.69, 9.17) is 14.2 Å². The Kier molecular flexibility index (Phi) is 4.81. The summed E-state index contributed by atoms with van der Waals surface area (Å²) >= 11 is 0. The second-order valence-corrected chi connectivity index (χ2v) is 4.63. The molecule has 0 radical (unpaired) electrons. The van der Waals surface area contributed by atoms with Gasteiger partial charge in [0.15, 0.2) is 0 Å². The van der Waals surface area contributed by atoms with Crippen molar-refractivity contribution in [2.24, 2.45) is 5.92 Å². The number of ether oxygens (including phenoxy) is 4. The number of carbonyl (C=O) groups is 2. The average molecular weight is 262 g/mol. The molecule has 2 atom stereocenters. The zero-order chi connectivity index (χ0) is 13.1. The van der Waals surface area contributed by atoms with Crippen LogP contribution in [0.3, 0.4) is 0 Å². The van der Waals surface area contributed by atoms with Crippen molar-refractivity contribution < 1.29 is 28.5 Å². The number of rotatable bonds is 6. The molecule has 0 aliphatic carbocycles. The number of esters is 2. The molecule has 7 heteroatoms. The number of carbonyl (C=O) groups excluding carboxylic acids is 2. The van der Waals surface area contributed by atoms with E-state index in [1.165, 1.54) is 21.3 Å². The van der Waals surface area contributed by atoms with Crippen LogP contribution in [0.4, 0.5) is 0 Å². The van der Waals surface area contributed by atoms with Gasteiger partial charge < -0.3 is 18.9 Å². The minimum absolute atomic E-state index is 0.0398. The second kappa shape index (κ2) is 5.72. The molecule has 0 aromatic rings. The van der Waals surface area contributed by atoms with Crippen molar-refractivity contribution in [3.8, 4) is 0 Å². The van der Waals surface area contributed by atoms with E-state index >= 15 is 0 Å². The molecule has 1 heterocycles. The van der Waals surface area contributed by atoms with Crippen molar-refractivity contribution in [2.75, 3.05) is 21.3 Å². The second-order valence-electron chi connectivity index (χ2n) is 3.81. The molecule has 1 rings (SSSR count). The fourth-order valence-corrected chi connectivity index (χ4v) is 3.15. The Morgan fingerprint density at radius 2 is 2.00 bits per heavy atom. The van der Waals surface area contributed by atoms with Gasteiger partial charge in [-0.15, -0.1) is 0 Å². The fourth-order valence-electron chi connectivity index (χ4n) is 2.25. The lowest BCUT2D eigenvalue weighted by Gasteiger charge is -2.39. The highest BCUT2D eigenvalue weighted by molar-refractivity contribution is 6.09. The molecule has 1 aliphatic heterocycles. The maximum absolute atomic E-state index is 11.6. The Balaban J connectivity index is 3.06. The van der Waals surface area contributed by atoms with Crippen molar-refractivity contribution in [3.63, 3.8) is 0 Å². The third-order valence-electron chi connectivity index (χ3n) is 3.10. The SMILES string of the molecule is COC(C[SiH3])C(OC)(OC)C1CC(=O)OC1=O. The Bertz CT molecular complexity index is 297. The third kappa shape index (κ3) is 2.42. The third-order valence-corrected chi connectivity index (χ3v) is 3.84. The molecule has 0 aromatic heterocycles. The van der Waals surface area contributed by atoms with E-state index < -0.39 is 29.7 Å². The quantitative estimate of drug-likeness (QED) is 0.261. The average Bonchev–Trinajstić information content (AvgIpc) is 2.66.